The van der Waals surface area contributed by atoms with Crippen LogP contribution in [0.25, 0.3) is 0 Å². The van der Waals surface area contributed by atoms with Gasteiger partial charge in [-0.25, -0.2) is 0 Å². The largest absolute Gasteiger partial charge is 0.467 e. The Kier molecular flexibility index (Phi) is 7.70. The summed E-state index contributed by atoms with van der Waals surface area (Å²) in [6, 6.07) is 11.3. The Morgan fingerprint density at radius 1 is 1.00 bits per heavy atom. The number of rotatable bonds is 8. The van der Waals surface area contributed by atoms with Crippen molar-refractivity contribution < 1.29 is 23.2 Å². The number of amides is 3. The molecule has 1 fully saturated rings. The highest BCUT2D eigenvalue weighted by Crippen LogP contribution is 2.32. The molecule has 2 aromatic heterocycles. The van der Waals surface area contributed by atoms with Crippen molar-refractivity contribution in [3.05, 3.63) is 77.6 Å². The second-order valence-corrected chi connectivity index (χ2v) is 8.98. The minimum atomic E-state index is -1.03. The van der Waals surface area contributed by atoms with Gasteiger partial charge in [0.05, 0.1) is 19.1 Å². The number of hydrogen-bond acceptors (Lipinski definition) is 5. The normalized spacial score (nSPS) is 14.8. The van der Waals surface area contributed by atoms with Gasteiger partial charge in [-0.2, -0.15) is 0 Å². The maximum Gasteiger partial charge on any atom is 0.287 e. The van der Waals surface area contributed by atoms with Gasteiger partial charge in [-0.15, -0.1) is 0 Å². The van der Waals surface area contributed by atoms with Gasteiger partial charge in [0.15, 0.2) is 11.8 Å². The third-order valence-electron chi connectivity index (χ3n) is 6.31. The highest BCUT2D eigenvalue weighted by atomic mass is 16.3. The Hall–Kier alpha value is -3.81. The summed E-state index contributed by atoms with van der Waals surface area (Å²) in [5.41, 5.74) is 2.35. The third kappa shape index (κ3) is 5.82. The third-order valence-corrected chi connectivity index (χ3v) is 6.31. The standard InChI is InChI=1S/C27H31N3O5/c1-18-12-13-19(2)21(16-18)30(24(31)17-28-26(32)23-11-7-15-35-23)25(22-10-6-14-34-22)27(33)29-20-8-4-3-5-9-20/h6-7,10-16,20,25H,3-5,8-9,17H2,1-2H3,(H,28,32)(H,29,33)/t25-/m0/s1. The number of anilines is 1. The second-order valence-electron chi connectivity index (χ2n) is 8.98. The fraction of sp³-hybridized carbons (Fsp3) is 0.370. The minimum absolute atomic E-state index is 0.0583. The summed E-state index contributed by atoms with van der Waals surface area (Å²) < 4.78 is 10.8. The first-order chi connectivity index (χ1) is 16.9. The summed E-state index contributed by atoms with van der Waals surface area (Å²) in [5, 5.41) is 5.74. The fourth-order valence-corrected chi connectivity index (χ4v) is 4.48. The van der Waals surface area contributed by atoms with E-state index in [2.05, 4.69) is 10.6 Å². The summed E-state index contributed by atoms with van der Waals surface area (Å²) in [5.74, 6) is -0.804. The molecular weight excluding hydrogens is 446 g/mol. The first-order valence-corrected chi connectivity index (χ1v) is 12.0. The number of hydrogen-bond donors (Lipinski definition) is 2. The van der Waals surface area contributed by atoms with Crippen LogP contribution < -0.4 is 15.5 Å². The molecule has 0 spiro atoms. The maximum absolute atomic E-state index is 13.7. The van der Waals surface area contributed by atoms with Gasteiger partial charge in [-0.05, 0) is 68.1 Å². The number of nitrogens with one attached hydrogen (secondary N) is 2. The van der Waals surface area contributed by atoms with Gasteiger partial charge in [-0.3, -0.25) is 19.3 Å². The number of aryl methyl sites for hydroxylation is 2. The lowest BCUT2D eigenvalue weighted by atomic mass is 9.95. The van der Waals surface area contributed by atoms with Gasteiger partial charge in [0.1, 0.15) is 5.76 Å². The van der Waals surface area contributed by atoms with E-state index in [1.54, 1.807) is 18.2 Å². The minimum Gasteiger partial charge on any atom is -0.467 e. The lowest BCUT2D eigenvalue weighted by molar-refractivity contribution is -0.127. The van der Waals surface area contributed by atoms with Crippen LogP contribution in [0.15, 0.2) is 63.8 Å². The second kappa shape index (κ2) is 11.1. The lowest BCUT2D eigenvalue weighted by Gasteiger charge is -2.33. The van der Waals surface area contributed by atoms with Crippen LogP contribution in [0.3, 0.4) is 0 Å². The zero-order valence-corrected chi connectivity index (χ0v) is 20.1. The molecule has 0 bridgehead atoms. The van der Waals surface area contributed by atoms with Gasteiger partial charge in [0.2, 0.25) is 5.91 Å². The molecule has 4 rings (SSSR count). The first kappa shape index (κ1) is 24.3. The molecule has 3 amide bonds. The molecule has 1 atom stereocenters. The van der Waals surface area contributed by atoms with Crippen LogP contribution in [0.5, 0.6) is 0 Å². The SMILES string of the molecule is Cc1ccc(C)c(N(C(=O)CNC(=O)c2ccco2)[C@H](C(=O)NC2CCCCC2)c2ccco2)c1. The van der Waals surface area contributed by atoms with E-state index in [9.17, 15) is 14.4 Å². The summed E-state index contributed by atoms with van der Waals surface area (Å²) in [7, 11) is 0. The van der Waals surface area contributed by atoms with Gasteiger partial charge < -0.3 is 19.5 Å². The highest BCUT2D eigenvalue weighted by molar-refractivity contribution is 6.04. The zero-order chi connectivity index (χ0) is 24.8. The number of benzene rings is 1. The Morgan fingerprint density at radius 3 is 2.43 bits per heavy atom. The van der Waals surface area contributed by atoms with Crippen LogP contribution in [0.2, 0.25) is 0 Å². The van der Waals surface area contributed by atoms with E-state index < -0.39 is 17.9 Å². The van der Waals surface area contributed by atoms with Gasteiger partial charge >= 0.3 is 0 Å². The quantitative estimate of drug-likeness (QED) is 0.499. The van der Waals surface area contributed by atoms with Crippen molar-refractivity contribution in [1.82, 2.24) is 10.6 Å². The van der Waals surface area contributed by atoms with Crippen molar-refractivity contribution in [3.8, 4) is 0 Å². The van der Waals surface area contributed by atoms with Gasteiger partial charge in [-0.1, -0.05) is 31.4 Å². The van der Waals surface area contributed by atoms with E-state index in [-0.39, 0.29) is 24.3 Å². The molecule has 2 N–H and O–H groups in total. The Morgan fingerprint density at radius 2 is 1.74 bits per heavy atom. The Labute approximate surface area is 204 Å². The van der Waals surface area contributed by atoms with Gasteiger partial charge in [0, 0.05) is 11.7 Å². The van der Waals surface area contributed by atoms with Crippen LogP contribution in [0.1, 0.15) is 65.6 Å². The zero-order valence-electron chi connectivity index (χ0n) is 20.1. The van der Waals surface area contributed by atoms with E-state index in [1.165, 1.54) is 23.5 Å². The average Bonchev–Trinajstić information content (AvgIpc) is 3.58. The van der Waals surface area contributed by atoms with Crippen molar-refractivity contribution in [3.63, 3.8) is 0 Å². The molecule has 0 aliphatic heterocycles. The molecule has 35 heavy (non-hydrogen) atoms. The van der Waals surface area contributed by atoms with Crippen LogP contribution in [-0.2, 0) is 9.59 Å². The van der Waals surface area contributed by atoms with Crippen molar-refractivity contribution in [2.45, 2.75) is 58.0 Å². The number of nitrogens with zero attached hydrogens (tertiary/aromatic N) is 1. The van der Waals surface area contributed by atoms with Crippen molar-refractivity contribution in [2.24, 2.45) is 0 Å². The maximum atomic E-state index is 13.7. The Balaban J connectivity index is 1.67. The molecular formula is C27H31N3O5. The molecule has 1 aliphatic carbocycles. The summed E-state index contributed by atoms with van der Waals surface area (Å²) >= 11 is 0. The molecule has 0 saturated heterocycles. The molecule has 1 aromatic carbocycles. The van der Waals surface area contributed by atoms with Crippen molar-refractivity contribution >= 4 is 23.4 Å². The smallest absolute Gasteiger partial charge is 0.287 e. The molecule has 8 nitrogen and oxygen atoms in total. The molecule has 3 aromatic rings. The van der Waals surface area contributed by atoms with Crippen LogP contribution in [-0.4, -0.2) is 30.3 Å². The summed E-state index contributed by atoms with van der Waals surface area (Å²) in [6.45, 7) is 3.49. The highest BCUT2D eigenvalue weighted by Gasteiger charge is 2.36. The molecule has 184 valence electrons. The fourth-order valence-electron chi connectivity index (χ4n) is 4.48. The Bertz CT molecular complexity index is 1150. The van der Waals surface area contributed by atoms with E-state index in [0.29, 0.717) is 11.4 Å². The number of carbonyl (C=O) groups excluding carboxylic acids is 3. The molecule has 0 radical (unpaired) electrons. The molecule has 1 saturated carbocycles. The van der Waals surface area contributed by atoms with Crippen LogP contribution >= 0.6 is 0 Å². The number of carbonyl (C=O) groups is 3. The van der Waals surface area contributed by atoms with E-state index in [0.717, 1.165) is 43.2 Å². The van der Waals surface area contributed by atoms with Gasteiger partial charge in [0.25, 0.3) is 11.8 Å². The van der Waals surface area contributed by atoms with Crippen molar-refractivity contribution in [1.29, 1.82) is 0 Å². The summed E-state index contributed by atoms with van der Waals surface area (Å²) in [4.78, 5) is 41.2. The van der Waals surface area contributed by atoms with E-state index >= 15 is 0 Å². The topological polar surface area (TPSA) is 105 Å². The molecule has 0 unspecified atom stereocenters. The predicted octanol–water partition coefficient (Wildman–Crippen LogP) is 4.44. The first-order valence-electron chi connectivity index (χ1n) is 12.0. The average molecular weight is 478 g/mol. The monoisotopic (exact) mass is 477 g/mol. The van der Waals surface area contributed by atoms with Crippen molar-refractivity contribution in [2.75, 3.05) is 11.4 Å². The summed E-state index contributed by atoms with van der Waals surface area (Å²) in [6.07, 6.45) is 7.99. The molecule has 1 aliphatic rings. The molecule has 8 heteroatoms. The van der Waals surface area contributed by atoms with E-state index in [4.69, 9.17) is 8.83 Å². The predicted molar refractivity (Wildman–Crippen MR) is 131 cm³/mol. The number of furan rings is 2. The van der Waals surface area contributed by atoms with Crippen LogP contribution in [0.4, 0.5) is 5.69 Å². The lowest BCUT2D eigenvalue weighted by Crippen LogP contribution is -2.49. The van der Waals surface area contributed by atoms with Crippen LogP contribution in [0, 0.1) is 13.8 Å². The van der Waals surface area contributed by atoms with E-state index in [1.807, 2.05) is 32.0 Å². The molecule has 2 heterocycles.